The predicted molar refractivity (Wildman–Crippen MR) is 121 cm³/mol. The average Bonchev–Trinajstić information content (AvgIpc) is 3.33. The highest BCUT2D eigenvalue weighted by Gasteiger charge is 2.32. The average molecular weight is 486 g/mol. The normalized spacial score (nSPS) is 20.9. The molecule has 1 aromatic carbocycles. The molecule has 3 atom stereocenters. The summed E-state index contributed by atoms with van der Waals surface area (Å²) in [5, 5.41) is 8.94. The van der Waals surface area contributed by atoms with Crippen LogP contribution in [0.15, 0.2) is 24.3 Å². The van der Waals surface area contributed by atoms with Gasteiger partial charge in [0, 0.05) is 24.9 Å². The Bertz CT molecular complexity index is 792. The van der Waals surface area contributed by atoms with Crippen molar-refractivity contribution in [3.8, 4) is 5.75 Å². The number of amides is 2. The van der Waals surface area contributed by atoms with Gasteiger partial charge in [0.05, 0.1) is 0 Å². The van der Waals surface area contributed by atoms with Crippen LogP contribution in [0.1, 0.15) is 58.3 Å². The highest BCUT2D eigenvalue weighted by atomic mass is 19.4. The van der Waals surface area contributed by atoms with Crippen LogP contribution in [0.3, 0.4) is 0 Å². The molecule has 1 saturated carbocycles. The van der Waals surface area contributed by atoms with E-state index in [4.69, 9.17) is 4.74 Å². The lowest BCUT2D eigenvalue weighted by atomic mass is 9.84. The lowest BCUT2D eigenvalue weighted by Gasteiger charge is -2.28. The standard InChI is InChI=1S/C24H34F3N3O4/c1-16(15-28-18-9-11-19(12-10-18)34-24(25,26)27)29-22(31)20(14-17-6-3-2-4-7-17)30-23(32)21-8-5-13-33-21/h9-12,16-17,20-21,28H,2-8,13-15H2,1H3,(H,29,31)(H,30,32)/t16-,20-,21-/m0/s1. The molecule has 3 rings (SSSR count). The molecule has 1 aromatic rings. The van der Waals surface area contributed by atoms with Crippen LogP contribution < -0.4 is 20.7 Å². The number of carbonyl (C=O) groups is 2. The van der Waals surface area contributed by atoms with Gasteiger partial charge in [-0.3, -0.25) is 9.59 Å². The van der Waals surface area contributed by atoms with E-state index in [1.807, 2.05) is 6.92 Å². The fourth-order valence-corrected chi connectivity index (χ4v) is 4.48. The lowest BCUT2D eigenvalue weighted by molar-refractivity contribution is -0.274. The van der Waals surface area contributed by atoms with Crippen LogP contribution in [-0.4, -0.2) is 49.5 Å². The number of carbonyl (C=O) groups excluding carboxylic acids is 2. The zero-order chi connectivity index (χ0) is 24.6. The summed E-state index contributed by atoms with van der Waals surface area (Å²) in [4.78, 5) is 25.7. The first kappa shape index (κ1) is 26.1. The lowest BCUT2D eigenvalue weighted by Crippen LogP contribution is -2.53. The van der Waals surface area contributed by atoms with Crippen molar-refractivity contribution in [2.75, 3.05) is 18.5 Å². The van der Waals surface area contributed by atoms with Crippen LogP contribution >= 0.6 is 0 Å². The second-order valence-electron chi connectivity index (χ2n) is 9.17. The first-order valence-corrected chi connectivity index (χ1v) is 12.0. The molecule has 0 unspecified atom stereocenters. The maximum Gasteiger partial charge on any atom is 0.573 e. The Kier molecular flexibility index (Phi) is 9.44. The van der Waals surface area contributed by atoms with Crippen LogP contribution in [-0.2, 0) is 14.3 Å². The molecule has 1 heterocycles. The van der Waals surface area contributed by atoms with Gasteiger partial charge in [0.25, 0.3) is 0 Å². The molecule has 0 bridgehead atoms. The summed E-state index contributed by atoms with van der Waals surface area (Å²) in [6, 6.07) is 4.50. The Balaban J connectivity index is 1.51. The Morgan fingerprint density at radius 3 is 2.38 bits per heavy atom. The first-order chi connectivity index (χ1) is 16.2. The summed E-state index contributed by atoms with van der Waals surface area (Å²) in [5.41, 5.74) is 0.598. The van der Waals surface area contributed by atoms with Gasteiger partial charge >= 0.3 is 6.36 Å². The zero-order valence-electron chi connectivity index (χ0n) is 19.5. The number of benzene rings is 1. The molecule has 7 nitrogen and oxygen atoms in total. The fourth-order valence-electron chi connectivity index (χ4n) is 4.48. The van der Waals surface area contributed by atoms with Crippen molar-refractivity contribution in [1.82, 2.24) is 10.6 Å². The number of anilines is 1. The Hall–Kier alpha value is -2.49. The van der Waals surface area contributed by atoms with Crippen molar-refractivity contribution in [2.45, 2.75) is 82.8 Å². The molecule has 0 aromatic heterocycles. The van der Waals surface area contributed by atoms with Crippen LogP contribution in [0.25, 0.3) is 0 Å². The summed E-state index contributed by atoms with van der Waals surface area (Å²) >= 11 is 0. The zero-order valence-corrected chi connectivity index (χ0v) is 19.5. The van der Waals surface area contributed by atoms with Crippen LogP contribution in [0.4, 0.5) is 18.9 Å². The van der Waals surface area contributed by atoms with Crippen LogP contribution in [0.5, 0.6) is 5.75 Å². The Labute approximate surface area is 198 Å². The second-order valence-corrected chi connectivity index (χ2v) is 9.17. The molecule has 1 saturated heterocycles. The van der Waals surface area contributed by atoms with Crippen molar-refractivity contribution >= 4 is 17.5 Å². The van der Waals surface area contributed by atoms with Gasteiger partial charge in [-0.1, -0.05) is 32.1 Å². The monoisotopic (exact) mass is 485 g/mol. The van der Waals surface area contributed by atoms with E-state index in [-0.39, 0.29) is 23.6 Å². The van der Waals surface area contributed by atoms with Gasteiger partial charge in [-0.15, -0.1) is 13.2 Å². The first-order valence-electron chi connectivity index (χ1n) is 12.0. The van der Waals surface area contributed by atoms with Gasteiger partial charge in [0.2, 0.25) is 11.8 Å². The van der Waals surface area contributed by atoms with E-state index < -0.39 is 18.5 Å². The maximum atomic E-state index is 13.0. The number of ether oxygens (including phenoxy) is 2. The minimum Gasteiger partial charge on any atom is -0.406 e. The molecule has 10 heteroatoms. The van der Waals surface area contributed by atoms with Gasteiger partial charge in [0.1, 0.15) is 17.9 Å². The van der Waals surface area contributed by atoms with Gasteiger partial charge < -0.3 is 25.4 Å². The summed E-state index contributed by atoms with van der Waals surface area (Å²) in [6.45, 7) is 2.75. The van der Waals surface area contributed by atoms with Crippen LogP contribution in [0.2, 0.25) is 0 Å². The van der Waals surface area contributed by atoms with E-state index in [1.165, 1.54) is 30.7 Å². The van der Waals surface area contributed by atoms with Crippen molar-refractivity contribution in [3.63, 3.8) is 0 Å². The molecule has 3 N–H and O–H groups in total. The Morgan fingerprint density at radius 1 is 1.06 bits per heavy atom. The number of halogens is 3. The molecule has 1 aliphatic heterocycles. The third-order valence-electron chi connectivity index (χ3n) is 6.24. The van der Waals surface area contributed by atoms with Crippen molar-refractivity contribution in [2.24, 2.45) is 5.92 Å². The van der Waals surface area contributed by atoms with Crippen molar-refractivity contribution < 1.29 is 32.2 Å². The van der Waals surface area contributed by atoms with Gasteiger partial charge in [0.15, 0.2) is 0 Å². The number of hydrogen-bond acceptors (Lipinski definition) is 5. The van der Waals surface area contributed by atoms with Crippen molar-refractivity contribution in [3.05, 3.63) is 24.3 Å². The molecule has 2 aliphatic rings. The SMILES string of the molecule is C[C@@H](CNc1ccc(OC(F)(F)F)cc1)NC(=O)[C@H](CC1CCCCC1)NC(=O)[C@@H]1CCCO1. The van der Waals surface area contributed by atoms with Gasteiger partial charge in [-0.05, 0) is 56.4 Å². The minimum atomic E-state index is -4.73. The topological polar surface area (TPSA) is 88.7 Å². The Morgan fingerprint density at radius 2 is 1.76 bits per heavy atom. The molecular weight excluding hydrogens is 451 g/mol. The third-order valence-corrected chi connectivity index (χ3v) is 6.24. The molecule has 0 radical (unpaired) electrons. The van der Waals surface area contributed by atoms with Crippen molar-refractivity contribution in [1.29, 1.82) is 0 Å². The van der Waals surface area contributed by atoms with E-state index >= 15 is 0 Å². The molecular formula is C24H34F3N3O4. The predicted octanol–water partition coefficient (Wildman–Crippen LogP) is 4.14. The highest BCUT2D eigenvalue weighted by Crippen LogP contribution is 2.28. The molecule has 0 spiro atoms. The van der Waals surface area contributed by atoms with E-state index in [2.05, 4.69) is 20.7 Å². The number of hydrogen-bond donors (Lipinski definition) is 3. The molecule has 34 heavy (non-hydrogen) atoms. The summed E-state index contributed by atoms with van der Waals surface area (Å²) in [6.07, 6.45) is 2.49. The summed E-state index contributed by atoms with van der Waals surface area (Å²) < 4.78 is 46.2. The quantitative estimate of drug-likeness (QED) is 0.464. The summed E-state index contributed by atoms with van der Waals surface area (Å²) in [7, 11) is 0. The molecule has 190 valence electrons. The van der Waals surface area contributed by atoms with Crippen LogP contribution in [0, 0.1) is 5.92 Å². The molecule has 1 aliphatic carbocycles. The number of nitrogens with one attached hydrogen (secondary N) is 3. The number of alkyl halides is 3. The second kappa shape index (κ2) is 12.3. The minimum absolute atomic E-state index is 0.236. The maximum absolute atomic E-state index is 13.0. The highest BCUT2D eigenvalue weighted by molar-refractivity contribution is 5.89. The smallest absolute Gasteiger partial charge is 0.406 e. The summed E-state index contributed by atoms with van der Waals surface area (Å²) in [5.74, 6) is -0.368. The molecule has 2 amide bonds. The third kappa shape index (κ3) is 8.70. The van der Waals surface area contributed by atoms with Gasteiger partial charge in [-0.25, -0.2) is 0 Å². The molecule has 2 fully saturated rings. The fraction of sp³-hybridized carbons (Fsp3) is 0.667. The van der Waals surface area contributed by atoms with E-state index in [1.54, 1.807) is 0 Å². The largest absolute Gasteiger partial charge is 0.573 e. The van der Waals surface area contributed by atoms with E-state index in [0.717, 1.165) is 32.1 Å². The van der Waals surface area contributed by atoms with E-state index in [0.29, 0.717) is 37.6 Å². The van der Waals surface area contributed by atoms with E-state index in [9.17, 15) is 22.8 Å². The number of rotatable bonds is 10. The van der Waals surface area contributed by atoms with Gasteiger partial charge in [-0.2, -0.15) is 0 Å².